The normalized spacial score (nSPS) is 26.8. The summed E-state index contributed by atoms with van der Waals surface area (Å²) in [6.07, 6.45) is 8.47. The second-order valence-electron chi connectivity index (χ2n) is 8.77. The molecular weight excluding hydrogens is 414 g/mol. The molecule has 0 amide bonds. The third-order valence-electron chi connectivity index (χ3n) is 6.62. The van der Waals surface area contributed by atoms with Crippen LogP contribution in [0.3, 0.4) is 0 Å². The van der Waals surface area contributed by atoms with Crippen LogP contribution in [0.4, 0.5) is 5.82 Å². The van der Waals surface area contributed by atoms with Crippen molar-refractivity contribution in [3.05, 3.63) is 18.7 Å². The van der Waals surface area contributed by atoms with E-state index in [0.29, 0.717) is 17.0 Å². The van der Waals surface area contributed by atoms with Gasteiger partial charge in [-0.25, -0.2) is 15.0 Å². The van der Waals surface area contributed by atoms with E-state index in [1.54, 1.807) is 6.20 Å². The Balaban J connectivity index is 1.40. The lowest BCUT2D eigenvalue weighted by atomic mass is 9.87. The van der Waals surface area contributed by atoms with E-state index in [9.17, 15) is 15.3 Å². The number of nitrogens with zero attached hydrogens (tertiary/aromatic N) is 6. The van der Waals surface area contributed by atoms with Crippen LogP contribution in [0.1, 0.15) is 44.8 Å². The van der Waals surface area contributed by atoms with Crippen molar-refractivity contribution in [2.24, 2.45) is 5.92 Å². The lowest BCUT2D eigenvalue weighted by Gasteiger charge is -2.21. The van der Waals surface area contributed by atoms with Crippen molar-refractivity contribution in [3.63, 3.8) is 0 Å². The van der Waals surface area contributed by atoms with E-state index in [1.165, 1.54) is 43.0 Å². The SMILES string of the molecule is Nc1nc(-c2cnn(CCC3CCCCC3)c2)nc2c1ncn2C1OC(CO)[C@@H](O)[C@H]1O. The molecule has 11 nitrogen and oxygen atoms in total. The molecule has 0 spiro atoms. The fraction of sp³-hybridized carbons (Fsp3) is 0.619. The molecule has 4 atom stereocenters. The largest absolute Gasteiger partial charge is 0.394 e. The molecule has 2 fully saturated rings. The van der Waals surface area contributed by atoms with Gasteiger partial charge in [0.25, 0.3) is 0 Å². The van der Waals surface area contributed by atoms with Gasteiger partial charge in [-0.1, -0.05) is 32.1 Å². The number of aliphatic hydroxyl groups excluding tert-OH is 3. The van der Waals surface area contributed by atoms with E-state index in [2.05, 4.69) is 20.1 Å². The highest BCUT2D eigenvalue weighted by atomic mass is 16.6. The highest BCUT2D eigenvalue weighted by molar-refractivity contribution is 5.83. The Hall–Kier alpha value is -2.60. The molecule has 1 aliphatic heterocycles. The molecule has 11 heteroatoms. The third kappa shape index (κ3) is 3.85. The highest BCUT2D eigenvalue weighted by Gasteiger charge is 2.44. The molecule has 0 aromatic carbocycles. The van der Waals surface area contributed by atoms with Gasteiger partial charge in [-0.15, -0.1) is 0 Å². The summed E-state index contributed by atoms with van der Waals surface area (Å²) < 4.78 is 9.04. The molecular formula is C21H29N7O4. The van der Waals surface area contributed by atoms with Crippen LogP contribution >= 0.6 is 0 Å². The molecule has 172 valence electrons. The first kappa shape index (κ1) is 21.3. The number of aliphatic hydroxyl groups is 3. The predicted molar refractivity (Wildman–Crippen MR) is 115 cm³/mol. The van der Waals surface area contributed by atoms with Crippen molar-refractivity contribution in [3.8, 4) is 11.4 Å². The first-order valence-corrected chi connectivity index (χ1v) is 11.2. The molecule has 32 heavy (non-hydrogen) atoms. The molecule has 5 N–H and O–H groups in total. The minimum atomic E-state index is -1.24. The summed E-state index contributed by atoms with van der Waals surface area (Å²) in [5.41, 5.74) is 7.61. The summed E-state index contributed by atoms with van der Waals surface area (Å²) in [4.78, 5) is 13.2. The zero-order valence-electron chi connectivity index (χ0n) is 17.8. The number of hydrogen-bond donors (Lipinski definition) is 4. The number of nitrogen functional groups attached to an aromatic ring is 1. The molecule has 3 aromatic rings. The Labute approximate surface area is 184 Å². The average Bonchev–Trinajstić information content (AvgIpc) is 3.52. The van der Waals surface area contributed by atoms with Gasteiger partial charge in [-0.05, 0) is 12.3 Å². The maximum absolute atomic E-state index is 10.4. The van der Waals surface area contributed by atoms with Gasteiger partial charge in [0.1, 0.15) is 23.8 Å². The van der Waals surface area contributed by atoms with Crippen molar-refractivity contribution < 1.29 is 20.1 Å². The number of rotatable bonds is 6. The van der Waals surface area contributed by atoms with Gasteiger partial charge in [-0.3, -0.25) is 9.25 Å². The number of aryl methyl sites for hydroxylation is 1. The number of hydrogen-bond acceptors (Lipinski definition) is 9. The Kier molecular flexibility index (Phi) is 5.80. The first-order valence-electron chi connectivity index (χ1n) is 11.2. The number of nitrogens with two attached hydrogens (primary N) is 1. The summed E-state index contributed by atoms with van der Waals surface area (Å²) in [6.45, 7) is 0.437. The Morgan fingerprint density at radius 1 is 1.12 bits per heavy atom. The zero-order valence-corrected chi connectivity index (χ0v) is 17.8. The van der Waals surface area contributed by atoms with Crippen molar-refractivity contribution in [2.75, 3.05) is 12.3 Å². The van der Waals surface area contributed by atoms with Gasteiger partial charge in [0.2, 0.25) is 0 Å². The van der Waals surface area contributed by atoms with Crippen molar-refractivity contribution in [2.45, 2.75) is 69.6 Å². The van der Waals surface area contributed by atoms with E-state index in [4.69, 9.17) is 10.5 Å². The summed E-state index contributed by atoms with van der Waals surface area (Å²) in [5.74, 6) is 1.36. The number of aromatic nitrogens is 6. The van der Waals surface area contributed by atoms with Crippen LogP contribution in [0.5, 0.6) is 0 Å². The maximum atomic E-state index is 10.4. The Morgan fingerprint density at radius 2 is 1.94 bits per heavy atom. The van der Waals surface area contributed by atoms with Crippen molar-refractivity contribution in [1.29, 1.82) is 0 Å². The standard InChI is InChI=1S/C21H29N7O4/c22-18-15-20(28(11-23-15)21-17(31)16(30)14(10-29)32-21)26-19(25-18)13-8-24-27(9-13)7-6-12-4-2-1-3-5-12/h8-9,11-12,14,16-17,21,29-31H,1-7,10H2,(H2,22,25,26)/t14?,16-,17-,21?/m1/s1. The number of fused-ring (bicyclic) bond motifs is 1. The van der Waals surface area contributed by atoms with Gasteiger partial charge in [0.15, 0.2) is 23.5 Å². The topological polar surface area (TPSA) is 157 Å². The van der Waals surface area contributed by atoms with Crippen LogP contribution in [0.2, 0.25) is 0 Å². The lowest BCUT2D eigenvalue weighted by Crippen LogP contribution is -2.33. The van der Waals surface area contributed by atoms with E-state index < -0.39 is 31.1 Å². The highest BCUT2D eigenvalue weighted by Crippen LogP contribution is 2.33. The molecule has 3 aromatic heterocycles. The molecule has 2 aliphatic rings. The van der Waals surface area contributed by atoms with E-state index in [-0.39, 0.29) is 5.82 Å². The van der Waals surface area contributed by atoms with Crippen LogP contribution in [0, 0.1) is 5.92 Å². The van der Waals surface area contributed by atoms with Crippen molar-refractivity contribution >= 4 is 17.0 Å². The second kappa shape index (κ2) is 8.74. The molecule has 4 heterocycles. The third-order valence-corrected chi connectivity index (χ3v) is 6.62. The zero-order chi connectivity index (χ0) is 22.2. The van der Waals surface area contributed by atoms with Gasteiger partial charge < -0.3 is 25.8 Å². The Bertz CT molecular complexity index is 1080. The minimum Gasteiger partial charge on any atom is -0.394 e. The van der Waals surface area contributed by atoms with Gasteiger partial charge in [0.05, 0.1) is 24.7 Å². The molecule has 0 bridgehead atoms. The molecule has 2 unspecified atom stereocenters. The van der Waals surface area contributed by atoms with Crippen molar-refractivity contribution in [1.82, 2.24) is 29.3 Å². The molecule has 0 radical (unpaired) electrons. The van der Waals surface area contributed by atoms with Crippen LogP contribution in [0.25, 0.3) is 22.6 Å². The average molecular weight is 444 g/mol. The molecule has 5 rings (SSSR count). The van der Waals surface area contributed by atoms with Crippen LogP contribution in [0.15, 0.2) is 18.7 Å². The lowest BCUT2D eigenvalue weighted by molar-refractivity contribution is -0.0511. The number of ether oxygens (including phenoxy) is 1. The van der Waals surface area contributed by atoms with Gasteiger partial charge in [-0.2, -0.15) is 5.10 Å². The number of imidazole rings is 1. The van der Waals surface area contributed by atoms with E-state index >= 15 is 0 Å². The summed E-state index contributed by atoms with van der Waals surface area (Å²) in [5, 5.41) is 34.3. The van der Waals surface area contributed by atoms with Gasteiger partial charge in [0, 0.05) is 12.7 Å². The molecule has 1 saturated carbocycles. The van der Waals surface area contributed by atoms with Gasteiger partial charge >= 0.3 is 0 Å². The van der Waals surface area contributed by atoms with Crippen LogP contribution in [-0.4, -0.2) is 69.5 Å². The number of anilines is 1. The van der Waals surface area contributed by atoms with E-state index in [0.717, 1.165) is 24.4 Å². The van der Waals surface area contributed by atoms with Crippen LogP contribution < -0.4 is 5.73 Å². The summed E-state index contributed by atoms with van der Waals surface area (Å²) >= 11 is 0. The maximum Gasteiger partial charge on any atom is 0.168 e. The monoisotopic (exact) mass is 443 g/mol. The quantitative estimate of drug-likeness (QED) is 0.433. The molecule has 1 saturated heterocycles. The molecule has 1 aliphatic carbocycles. The second-order valence-corrected chi connectivity index (χ2v) is 8.77. The fourth-order valence-corrected chi connectivity index (χ4v) is 4.76. The smallest absolute Gasteiger partial charge is 0.168 e. The summed E-state index contributed by atoms with van der Waals surface area (Å²) in [7, 11) is 0. The minimum absolute atomic E-state index is 0.199. The van der Waals surface area contributed by atoms with E-state index in [1.807, 2.05) is 10.9 Å². The fourth-order valence-electron chi connectivity index (χ4n) is 4.76. The van der Waals surface area contributed by atoms with Crippen LogP contribution in [-0.2, 0) is 11.3 Å². The summed E-state index contributed by atoms with van der Waals surface area (Å²) in [6, 6.07) is 0. The Morgan fingerprint density at radius 3 is 2.69 bits per heavy atom. The predicted octanol–water partition coefficient (Wildman–Crippen LogP) is 0.854. The first-order chi connectivity index (χ1) is 15.5.